The van der Waals surface area contributed by atoms with Crippen LogP contribution in [-0.4, -0.2) is 39.0 Å². The van der Waals surface area contributed by atoms with Crippen LogP contribution in [0.2, 0.25) is 0 Å². The van der Waals surface area contributed by atoms with Crippen LogP contribution in [0.25, 0.3) is 0 Å². The Bertz CT molecular complexity index is 417. The van der Waals surface area contributed by atoms with E-state index in [4.69, 9.17) is 10.8 Å². The molecule has 0 aliphatic carbocycles. The molecule has 0 radical (unpaired) electrons. The van der Waals surface area contributed by atoms with Crippen LogP contribution in [0.4, 0.5) is 0 Å². The highest BCUT2D eigenvalue weighted by atomic mass is 16.4. The molecule has 1 rings (SSSR count). The molecule has 0 aliphatic heterocycles. The molecule has 0 saturated heterocycles. The van der Waals surface area contributed by atoms with Crippen molar-refractivity contribution < 1.29 is 14.7 Å². The maximum absolute atomic E-state index is 11.8. The number of aromatic nitrogens is 2. The molecule has 19 heavy (non-hydrogen) atoms. The minimum atomic E-state index is -1.10. The molecule has 5 N–H and O–H groups in total. The van der Waals surface area contributed by atoms with Crippen LogP contribution in [0.3, 0.4) is 0 Å². The fourth-order valence-electron chi connectivity index (χ4n) is 1.71. The van der Waals surface area contributed by atoms with E-state index < -0.39 is 24.0 Å². The molecule has 0 aromatic carbocycles. The summed E-state index contributed by atoms with van der Waals surface area (Å²) in [5.74, 6) is -1.28. The number of nitrogens with zero attached hydrogens (tertiary/aromatic N) is 1. The lowest BCUT2D eigenvalue weighted by Gasteiger charge is -2.18. The summed E-state index contributed by atoms with van der Waals surface area (Å²) < 4.78 is 0. The topological polar surface area (TPSA) is 121 Å². The van der Waals surface area contributed by atoms with Gasteiger partial charge in [-0.25, -0.2) is 9.78 Å². The molecule has 2 atom stereocenters. The molecule has 7 heteroatoms. The predicted octanol–water partition coefficient (Wildman–Crippen LogP) is -0.105. The zero-order valence-corrected chi connectivity index (χ0v) is 11.1. The van der Waals surface area contributed by atoms with E-state index in [0.717, 1.165) is 0 Å². The highest BCUT2D eigenvalue weighted by Crippen LogP contribution is 2.04. The molecule has 1 amide bonds. The van der Waals surface area contributed by atoms with Crippen molar-refractivity contribution in [3.8, 4) is 0 Å². The second-order valence-corrected chi connectivity index (χ2v) is 4.90. The molecule has 0 saturated carbocycles. The monoisotopic (exact) mass is 268 g/mol. The van der Waals surface area contributed by atoms with Crippen molar-refractivity contribution in [1.29, 1.82) is 0 Å². The van der Waals surface area contributed by atoms with E-state index in [2.05, 4.69) is 15.3 Å². The molecule has 1 aromatic rings. The fraction of sp³-hybridized carbons (Fsp3) is 0.583. The Kier molecular flexibility index (Phi) is 5.50. The first-order valence-electron chi connectivity index (χ1n) is 6.16. The number of aliphatic carboxylic acids is 1. The number of nitrogens with two attached hydrogens (primary N) is 1. The Hall–Kier alpha value is -1.89. The van der Waals surface area contributed by atoms with Gasteiger partial charge in [0.25, 0.3) is 0 Å². The average molecular weight is 268 g/mol. The molecule has 1 heterocycles. The summed E-state index contributed by atoms with van der Waals surface area (Å²) in [4.78, 5) is 29.6. The highest BCUT2D eigenvalue weighted by molar-refractivity contribution is 5.86. The van der Waals surface area contributed by atoms with E-state index in [9.17, 15) is 9.59 Å². The van der Waals surface area contributed by atoms with Gasteiger partial charge in [0.1, 0.15) is 6.04 Å². The summed E-state index contributed by atoms with van der Waals surface area (Å²) in [7, 11) is 0. The summed E-state index contributed by atoms with van der Waals surface area (Å²) in [6.07, 6.45) is 3.69. The highest BCUT2D eigenvalue weighted by Gasteiger charge is 2.24. The number of aromatic amines is 1. The van der Waals surface area contributed by atoms with E-state index in [1.807, 2.05) is 13.8 Å². The molecule has 0 fully saturated rings. The lowest BCUT2D eigenvalue weighted by molar-refractivity contribution is -0.142. The second-order valence-electron chi connectivity index (χ2n) is 4.90. The Labute approximate surface area is 111 Å². The molecular weight excluding hydrogens is 248 g/mol. The summed E-state index contributed by atoms with van der Waals surface area (Å²) >= 11 is 0. The minimum Gasteiger partial charge on any atom is -0.480 e. The largest absolute Gasteiger partial charge is 0.480 e. The maximum atomic E-state index is 11.8. The fourth-order valence-corrected chi connectivity index (χ4v) is 1.71. The van der Waals surface area contributed by atoms with Crippen LogP contribution in [0, 0.1) is 5.92 Å². The van der Waals surface area contributed by atoms with Crippen LogP contribution in [0.15, 0.2) is 12.5 Å². The Morgan fingerprint density at radius 2 is 2.21 bits per heavy atom. The van der Waals surface area contributed by atoms with Gasteiger partial charge in [0.2, 0.25) is 5.91 Å². The number of imidazole rings is 1. The average Bonchev–Trinajstić information content (AvgIpc) is 2.79. The van der Waals surface area contributed by atoms with E-state index in [-0.39, 0.29) is 12.3 Å². The molecule has 1 aromatic heterocycles. The SMILES string of the molecule is CC(C)CC(N)C(=O)N[C@@H](Cc1c[nH]cn1)C(=O)O. The van der Waals surface area contributed by atoms with Gasteiger partial charge in [0.15, 0.2) is 0 Å². The zero-order chi connectivity index (χ0) is 14.4. The molecule has 0 spiro atoms. The minimum absolute atomic E-state index is 0.124. The lowest BCUT2D eigenvalue weighted by Crippen LogP contribution is -2.49. The van der Waals surface area contributed by atoms with Crippen molar-refractivity contribution in [2.45, 2.75) is 38.8 Å². The van der Waals surface area contributed by atoms with Gasteiger partial charge in [-0.15, -0.1) is 0 Å². The number of hydrogen-bond donors (Lipinski definition) is 4. The van der Waals surface area contributed by atoms with Gasteiger partial charge in [-0.3, -0.25) is 4.79 Å². The number of carboxylic acids is 1. The van der Waals surface area contributed by atoms with Gasteiger partial charge in [-0.2, -0.15) is 0 Å². The number of nitrogens with one attached hydrogen (secondary N) is 2. The van der Waals surface area contributed by atoms with E-state index >= 15 is 0 Å². The summed E-state index contributed by atoms with van der Waals surface area (Å²) in [5, 5.41) is 11.5. The number of carboxylic acid groups (broad SMARTS) is 1. The third-order valence-electron chi connectivity index (χ3n) is 2.64. The third-order valence-corrected chi connectivity index (χ3v) is 2.64. The maximum Gasteiger partial charge on any atom is 0.326 e. The van der Waals surface area contributed by atoms with Crippen molar-refractivity contribution >= 4 is 11.9 Å². The van der Waals surface area contributed by atoms with Gasteiger partial charge >= 0.3 is 5.97 Å². The first-order chi connectivity index (χ1) is 8.90. The molecule has 7 nitrogen and oxygen atoms in total. The van der Waals surface area contributed by atoms with Crippen LogP contribution >= 0.6 is 0 Å². The summed E-state index contributed by atoms with van der Waals surface area (Å²) in [6, 6.07) is -1.71. The Morgan fingerprint density at radius 1 is 1.53 bits per heavy atom. The number of amides is 1. The van der Waals surface area contributed by atoms with Crippen molar-refractivity contribution in [2.24, 2.45) is 11.7 Å². The van der Waals surface area contributed by atoms with Gasteiger partial charge in [0.05, 0.1) is 18.1 Å². The van der Waals surface area contributed by atoms with Crippen molar-refractivity contribution in [2.75, 3.05) is 0 Å². The number of hydrogen-bond acceptors (Lipinski definition) is 4. The summed E-state index contributed by atoms with van der Waals surface area (Å²) in [6.45, 7) is 3.90. The standard InChI is InChI=1S/C12H20N4O3/c1-7(2)3-9(13)11(17)16-10(12(18)19)4-8-5-14-6-15-8/h5-7,9-10H,3-4,13H2,1-2H3,(H,14,15)(H,16,17)(H,18,19)/t9?,10-/m0/s1. The quantitative estimate of drug-likeness (QED) is 0.550. The van der Waals surface area contributed by atoms with Gasteiger partial charge in [-0.1, -0.05) is 13.8 Å². The predicted molar refractivity (Wildman–Crippen MR) is 69.3 cm³/mol. The van der Waals surface area contributed by atoms with Crippen LogP contribution in [-0.2, 0) is 16.0 Å². The van der Waals surface area contributed by atoms with Gasteiger partial charge < -0.3 is 21.1 Å². The lowest BCUT2D eigenvalue weighted by atomic mass is 10.0. The summed E-state index contributed by atoms with van der Waals surface area (Å²) in [5.41, 5.74) is 6.29. The molecule has 1 unspecified atom stereocenters. The van der Waals surface area contributed by atoms with Crippen LogP contribution in [0.1, 0.15) is 26.0 Å². The molecular formula is C12H20N4O3. The van der Waals surface area contributed by atoms with Crippen molar-refractivity contribution in [1.82, 2.24) is 15.3 Å². The Balaban J connectivity index is 2.58. The number of carbonyl (C=O) groups excluding carboxylic acids is 1. The third kappa shape index (κ3) is 5.09. The normalized spacial score (nSPS) is 14.1. The zero-order valence-electron chi connectivity index (χ0n) is 11.1. The Morgan fingerprint density at radius 3 is 2.68 bits per heavy atom. The van der Waals surface area contributed by atoms with E-state index in [1.165, 1.54) is 6.33 Å². The smallest absolute Gasteiger partial charge is 0.326 e. The molecule has 0 aliphatic rings. The molecule has 106 valence electrons. The van der Waals surface area contributed by atoms with E-state index in [0.29, 0.717) is 12.1 Å². The number of rotatable bonds is 7. The number of H-pyrrole nitrogens is 1. The first kappa shape index (κ1) is 15.2. The van der Waals surface area contributed by atoms with Crippen LogP contribution in [0.5, 0.6) is 0 Å². The molecule has 0 bridgehead atoms. The number of carbonyl (C=O) groups is 2. The van der Waals surface area contributed by atoms with E-state index in [1.54, 1.807) is 6.20 Å². The van der Waals surface area contributed by atoms with Crippen LogP contribution < -0.4 is 11.1 Å². The first-order valence-corrected chi connectivity index (χ1v) is 6.16. The van der Waals surface area contributed by atoms with Gasteiger partial charge in [-0.05, 0) is 12.3 Å². The second kappa shape index (κ2) is 6.89. The van der Waals surface area contributed by atoms with Crippen molar-refractivity contribution in [3.05, 3.63) is 18.2 Å². The van der Waals surface area contributed by atoms with Crippen molar-refractivity contribution in [3.63, 3.8) is 0 Å². The van der Waals surface area contributed by atoms with Gasteiger partial charge in [0, 0.05) is 12.6 Å².